The van der Waals surface area contributed by atoms with Crippen molar-refractivity contribution in [3.63, 3.8) is 0 Å². The number of aromatic hydroxyl groups is 1. The zero-order chi connectivity index (χ0) is 19.4. The van der Waals surface area contributed by atoms with E-state index in [2.05, 4.69) is 15.6 Å². The van der Waals surface area contributed by atoms with E-state index in [4.69, 9.17) is 0 Å². The SMILES string of the molecule is O=C(Nc1ccc(C(=O)Nc2ccccn2)c(O)c1)c1cc(F)cc(F)c1. The molecule has 0 aliphatic carbocycles. The van der Waals surface area contributed by atoms with Crippen LogP contribution in [0.1, 0.15) is 20.7 Å². The molecule has 0 radical (unpaired) electrons. The maximum atomic E-state index is 13.2. The van der Waals surface area contributed by atoms with E-state index in [9.17, 15) is 23.5 Å². The Kier molecular flexibility index (Phi) is 5.07. The summed E-state index contributed by atoms with van der Waals surface area (Å²) in [6.07, 6.45) is 1.50. The third kappa shape index (κ3) is 4.43. The predicted molar refractivity (Wildman–Crippen MR) is 94.6 cm³/mol. The molecule has 3 N–H and O–H groups in total. The molecule has 0 atom stereocenters. The van der Waals surface area contributed by atoms with E-state index in [-0.39, 0.29) is 22.6 Å². The molecule has 0 unspecified atom stereocenters. The fourth-order valence-electron chi connectivity index (χ4n) is 2.31. The summed E-state index contributed by atoms with van der Waals surface area (Å²) in [5.41, 5.74) is -0.101. The van der Waals surface area contributed by atoms with Crippen LogP contribution in [0.5, 0.6) is 5.75 Å². The Morgan fingerprint density at radius 3 is 2.26 bits per heavy atom. The van der Waals surface area contributed by atoms with Gasteiger partial charge in [-0.25, -0.2) is 13.8 Å². The maximum Gasteiger partial charge on any atom is 0.260 e. The Morgan fingerprint density at radius 2 is 1.63 bits per heavy atom. The summed E-state index contributed by atoms with van der Waals surface area (Å²) in [4.78, 5) is 28.2. The molecular formula is C19H13F2N3O3. The molecule has 2 amide bonds. The summed E-state index contributed by atoms with van der Waals surface area (Å²) in [7, 11) is 0. The maximum absolute atomic E-state index is 13.2. The molecule has 8 heteroatoms. The quantitative estimate of drug-likeness (QED) is 0.656. The van der Waals surface area contributed by atoms with Gasteiger partial charge in [0.15, 0.2) is 0 Å². The van der Waals surface area contributed by atoms with Gasteiger partial charge in [0.1, 0.15) is 23.2 Å². The number of nitrogens with zero attached hydrogens (tertiary/aromatic N) is 1. The molecule has 2 aromatic carbocycles. The zero-order valence-electron chi connectivity index (χ0n) is 13.7. The van der Waals surface area contributed by atoms with E-state index in [0.29, 0.717) is 11.9 Å². The highest BCUT2D eigenvalue weighted by Gasteiger charge is 2.14. The number of nitrogens with one attached hydrogen (secondary N) is 2. The molecule has 0 fully saturated rings. The highest BCUT2D eigenvalue weighted by molar-refractivity contribution is 6.07. The van der Waals surface area contributed by atoms with E-state index in [1.807, 2.05) is 0 Å². The fraction of sp³-hybridized carbons (Fsp3) is 0. The molecule has 0 aliphatic heterocycles. The lowest BCUT2D eigenvalue weighted by atomic mass is 10.1. The molecule has 0 aliphatic rings. The van der Waals surface area contributed by atoms with Crippen molar-refractivity contribution in [1.29, 1.82) is 0 Å². The van der Waals surface area contributed by atoms with Crippen LogP contribution < -0.4 is 10.6 Å². The molecule has 3 rings (SSSR count). The van der Waals surface area contributed by atoms with Crippen LogP contribution in [0.15, 0.2) is 60.8 Å². The molecule has 1 heterocycles. The lowest BCUT2D eigenvalue weighted by Crippen LogP contribution is -2.14. The molecule has 0 saturated heterocycles. The second-order valence-electron chi connectivity index (χ2n) is 5.51. The summed E-state index contributed by atoms with van der Waals surface area (Å²) < 4.78 is 26.4. The lowest BCUT2D eigenvalue weighted by Gasteiger charge is -2.09. The van der Waals surface area contributed by atoms with E-state index in [1.165, 1.54) is 18.3 Å². The van der Waals surface area contributed by atoms with Gasteiger partial charge < -0.3 is 15.7 Å². The highest BCUT2D eigenvalue weighted by atomic mass is 19.1. The van der Waals surface area contributed by atoms with Gasteiger partial charge in [-0.3, -0.25) is 9.59 Å². The van der Waals surface area contributed by atoms with Gasteiger partial charge in [0.25, 0.3) is 11.8 Å². The Morgan fingerprint density at radius 1 is 0.889 bits per heavy atom. The topological polar surface area (TPSA) is 91.3 Å². The van der Waals surface area contributed by atoms with Crippen LogP contribution in [0, 0.1) is 11.6 Å². The number of carbonyl (C=O) groups is 2. The Balaban J connectivity index is 1.74. The van der Waals surface area contributed by atoms with Gasteiger partial charge in [0, 0.05) is 29.6 Å². The third-order valence-corrected chi connectivity index (χ3v) is 3.53. The van der Waals surface area contributed by atoms with Gasteiger partial charge in [-0.1, -0.05) is 6.07 Å². The molecule has 0 saturated carbocycles. The first-order chi connectivity index (χ1) is 12.9. The molecule has 3 aromatic rings. The number of pyridine rings is 1. The lowest BCUT2D eigenvalue weighted by molar-refractivity contribution is 0.101. The molecule has 0 bridgehead atoms. The number of phenols is 1. The molecule has 27 heavy (non-hydrogen) atoms. The van der Waals surface area contributed by atoms with Crippen LogP contribution in [0.4, 0.5) is 20.3 Å². The number of hydrogen-bond acceptors (Lipinski definition) is 4. The summed E-state index contributed by atoms with van der Waals surface area (Å²) in [6.45, 7) is 0. The van der Waals surface area contributed by atoms with Crippen LogP contribution in [0.2, 0.25) is 0 Å². The van der Waals surface area contributed by atoms with Crippen molar-refractivity contribution in [2.75, 3.05) is 10.6 Å². The molecule has 1 aromatic heterocycles. The first-order valence-electron chi connectivity index (χ1n) is 7.75. The first kappa shape index (κ1) is 18.0. The summed E-state index contributed by atoms with van der Waals surface area (Å²) >= 11 is 0. The molecule has 136 valence electrons. The van der Waals surface area contributed by atoms with Gasteiger partial charge in [-0.05, 0) is 36.4 Å². The Hall–Kier alpha value is -3.81. The third-order valence-electron chi connectivity index (χ3n) is 3.53. The number of benzene rings is 2. The largest absolute Gasteiger partial charge is 0.507 e. The summed E-state index contributed by atoms with van der Waals surface area (Å²) in [5.74, 6) is -3.19. The van der Waals surface area contributed by atoms with Crippen LogP contribution in [0.25, 0.3) is 0 Å². The number of amides is 2. The Bertz CT molecular complexity index is 990. The van der Waals surface area contributed by atoms with Gasteiger partial charge >= 0.3 is 0 Å². The first-order valence-corrected chi connectivity index (χ1v) is 7.75. The Labute approximate surface area is 152 Å². The highest BCUT2D eigenvalue weighted by Crippen LogP contribution is 2.23. The second kappa shape index (κ2) is 7.61. The van der Waals surface area contributed by atoms with Crippen LogP contribution >= 0.6 is 0 Å². The number of halogens is 2. The van der Waals surface area contributed by atoms with Crippen molar-refractivity contribution >= 4 is 23.3 Å². The van der Waals surface area contributed by atoms with E-state index in [0.717, 1.165) is 18.2 Å². The van der Waals surface area contributed by atoms with Crippen molar-refractivity contribution < 1.29 is 23.5 Å². The minimum Gasteiger partial charge on any atom is -0.507 e. The van der Waals surface area contributed by atoms with E-state index < -0.39 is 23.4 Å². The minimum atomic E-state index is -0.885. The van der Waals surface area contributed by atoms with E-state index >= 15 is 0 Å². The molecule has 6 nitrogen and oxygen atoms in total. The predicted octanol–water partition coefficient (Wildman–Crippen LogP) is 3.57. The number of rotatable bonds is 4. The molecular weight excluding hydrogens is 356 g/mol. The summed E-state index contributed by atoms with van der Waals surface area (Å²) in [5, 5.41) is 15.0. The van der Waals surface area contributed by atoms with Crippen molar-refractivity contribution in [2.45, 2.75) is 0 Å². The number of hydrogen-bond donors (Lipinski definition) is 3. The number of carbonyl (C=O) groups excluding carboxylic acids is 2. The summed E-state index contributed by atoms with van der Waals surface area (Å²) in [6, 6.07) is 11.2. The van der Waals surface area contributed by atoms with Gasteiger partial charge in [0.05, 0.1) is 5.56 Å². The number of anilines is 2. The van der Waals surface area contributed by atoms with Gasteiger partial charge in [-0.2, -0.15) is 0 Å². The van der Waals surface area contributed by atoms with Gasteiger partial charge in [0.2, 0.25) is 0 Å². The number of aromatic nitrogens is 1. The normalized spacial score (nSPS) is 10.3. The smallest absolute Gasteiger partial charge is 0.260 e. The monoisotopic (exact) mass is 369 g/mol. The van der Waals surface area contributed by atoms with E-state index in [1.54, 1.807) is 18.2 Å². The van der Waals surface area contributed by atoms with Crippen LogP contribution in [0.3, 0.4) is 0 Å². The second-order valence-corrected chi connectivity index (χ2v) is 5.51. The van der Waals surface area contributed by atoms with Crippen molar-refractivity contribution in [1.82, 2.24) is 4.98 Å². The average molecular weight is 369 g/mol. The van der Waals surface area contributed by atoms with Crippen molar-refractivity contribution in [2.24, 2.45) is 0 Å². The van der Waals surface area contributed by atoms with Crippen LogP contribution in [-0.2, 0) is 0 Å². The zero-order valence-corrected chi connectivity index (χ0v) is 13.7. The van der Waals surface area contributed by atoms with Gasteiger partial charge in [-0.15, -0.1) is 0 Å². The standard InChI is InChI=1S/C19H13F2N3O3/c20-12-7-11(8-13(21)9-12)18(26)23-14-4-5-15(16(25)10-14)19(27)24-17-3-1-2-6-22-17/h1-10,25H,(H,23,26)(H,22,24,27). The minimum absolute atomic E-state index is 0.0320. The van der Waals surface area contributed by atoms with Crippen molar-refractivity contribution in [3.8, 4) is 5.75 Å². The van der Waals surface area contributed by atoms with Crippen LogP contribution in [-0.4, -0.2) is 21.9 Å². The molecule has 0 spiro atoms. The number of phenolic OH excluding ortho intramolecular Hbond substituents is 1. The van der Waals surface area contributed by atoms with Crippen molar-refractivity contribution in [3.05, 3.63) is 83.6 Å². The fourth-order valence-corrected chi connectivity index (χ4v) is 2.31. The average Bonchev–Trinajstić information content (AvgIpc) is 2.61.